The van der Waals surface area contributed by atoms with Gasteiger partial charge in [0, 0.05) is 6.07 Å². The van der Waals surface area contributed by atoms with Crippen molar-refractivity contribution in [3.8, 4) is 5.69 Å². The minimum absolute atomic E-state index is 0.191. The third-order valence-electron chi connectivity index (χ3n) is 2.05. The van der Waals surface area contributed by atoms with Gasteiger partial charge in [-0.1, -0.05) is 29.3 Å². The lowest BCUT2D eigenvalue weighted by Crippen LogP contribution is -2.19. The largest absolute Gasteiger partial charge is 0.271 e. The molecule has 1 heterocycles. The molecule has 76 valence electrons. The Morgan fingerprint density at radius 3 is 2.47 bits per heavy atom. The van der Waals surface area contributed by atoms with E-state index in [9.17, 15) is 4.79 Å². The summed E-state index contributed by atoms with van der Waals surface area (Å²) < 4.78 is 1.28. The van der Waals surface area contributed by atoms with Gasteiger partial charge in [0.25, 0.3) is 5.56 Å². The summed E-state index contributed by atoms with van der Waals surface area (Å²) in [4.78, 5) is 11.5. The Morgan fingerprint density at radius 1 is 1.13 bits per heavy atom. The molecule has 15 heavy (non-hydrogen) atoms. The van der Waals surface area contributed by atoms with E-state index in [-0.39, 0.29) is 5.56 Å². The van der Waals surface area contributed by atoms with Gasteiger partial charge in [0.2, 0.25) is 0 Å². The van der Waals surface area contributed by atoms with E-state index in [2.05, 4.69) is 5.10 Å². The molecule has 0 atom stereocenters. The molecule has 0 aliphatic carbocycles. The first-order chi connectivity index (χ1) is 7.16. The van der Waals surface area contributed by atoms with Gasteiger partial charge in [0.1, 0.15) is 5.15 Å². The van der Waals surface area contributed by atoms with Crippen molar-refractivity contribution in [2.24, 2.45) is 0 Å². The number of hydrogen-bond donors (Lipinski definition) is 0. The third kappa shape index (κ3) is 2.07. The molecule has 0 saturated heterocycles. The highest BCUT2D eigenvalue weighted by Gasteiger charge is 2.00. The number of rotatable bonds is 1. The van der Waals surface area contributed by atoms with Crippen molar-refractivity contribution in [3.05, 3.63) is 57.5 Å². The molecule has 1 aromatic carbocycles. The molecule has 0 spiro atoms. The lowest BCUT2D eigenvalue weighted by Gasteiger charge is -2.04. The molecule has 0 aliphatic heterocycles. The van der Waals surface area contributed by atoms with Gasteiger partial charge in [-0.3, -0.25) is 4.79 Å². The molecule has 0 fully saturated rings. The van der Waals surface area contributed by atoms with Crippen LogP contribution in [0.5, 0.6) is 0 Å². The molecule has 0 unspecified atom stereocenters. The maximum atomic E-state index is 11.5. The van der Waals surface area contributed by atoms with Gasteiger partial charge in [-0.05, 0) is 25.1 Å². The minimum atomic E-state index is -0.191. The predicted molar refractivity (Wildman–Crippen MR) is 59.6 cm³/mol. The van der Waals surface area contributed by atoms with Crippen molar-refractivity contribution in [1.82, 2.24) is 9.78 Å². The third-order valence-corrected chi connectivity index (χ3v) is 2.25. The highest BCUT2D eigenvalue weighted by molar-refractivity contribution is 6.29. The van der Waals surface area contributed by atoms with E-state index >= 15 is 0 Å². The van der Waals surface area contributed by atoms with Gasteiger partial charge in [0.15, 0.2) is 0 Å². The van der Waals surface area contributed by atoms with Crippen LogP contribution in [-0.2, 0) is 0 Å². The van der Waals surface area contributed by atoms with Crippen LogP contribution >= 0.6 is 11.6 Å². The van der Waals surface area contributed by atoms with Crippen LogP contribution in [0, 0.1) is 6.92 Å². The lowest BCUT2D eigenvalue weighted by molar-refractivity contribution is 0.807. The van der Waals surface area contributed by atoms with E-state index in [1.54, 1.807) is 0 Å². The van der Waals surface area contributed by atoms with Crippen LogP contribution in [0.25, 0.3) is 5.69 Å². The molecule has 0 radical (unpaired) electrons. The van der Waals surface area contributed by atoms with Gasteiger partial charge in [-0.2, -0.15) is 9.78 Å². The first-order valence-corrected chi connectivity index (χ1v) is 4.87. The van der Waals surface area contributed by atoms with E-state index in [4.69, 9.17) is 11.6 Å². The molecule has 0 bridgehead atoms. The SMILES string of the molecule is Cc1ccc(-n2nc(Cl)ccc2=O)cc1. The summed E-state index contributed by atoms with van der Waals surface area (Å²) >= 11 is 5.73. The predicted octanol–water partition coefficient (Wildman–Crippen LogP) is 2.19. The quantitative estimate of drug-likeness (QED) is 0.739. The van der Waals surface area contributed by atoms with Gasteiger partial charge in [-0.15, -0.1) is 0 Å². The maximum absolute atomic E-state index is 11.5. The zero-order valence-electron chi connectivity index (χ0n) is 8.14. The van der Waals surface area contributed by atoms with Crippen molar-refractivity contribution in [3.63, 3.8) is 0 Å². The summed E-state index contributed by atoms with van der Waals surface area (Å²) in [5, 5.41) is 4.24. The fourth-order valence-corrected chi connectivity index (χ4v) is 1.40. The smallest absolute Gasteiger partial charge is 0.267 e. The second kappa shape index (κ2) is 3.87. The van der Waals surface area contributed by atoms with Crippen LogP contribution in [0.2, 0.25) is 5.15 Å². The molecule has 4 heteroatoms. The number of halogens is 1. The summed E-state index contributed by atoms with van der Waals surface area (Å²) in [6.45, 7) is 1.98. The highest BCUT2D eigenvalue weighted by atomic mass is 35.5. The fraction of sp³-hybridized carbons (Fsp3) is 0.0909. The number of aromatic nitrogens is 2. The number of hydrogen-bond acceptors (Lipinski definition) is 2. The maximum Gasteiger partial charge on any atom is 0.271 e. The van der Waals surface area contributed by atoms with Crippen molar-refractivity contribution in [2.45, 2.75) is 6.92 Å². The Labute approximate surface area is 91.9 Å². The van der Waals surface area contributed by atoms with Crippen molar-refractivity contribution >= 4 is 11.6 Å². The minimum Gasteiger partial charge on any atom is -0.267 e. The Kier molecular flexibility index (Phi) is 2.56. The Bertz CT molecular complexity index is 531. The highest BCUT2D eigenvalue weighted by Crippen LogP contribution is 2.07. The Balaban J connectivity index is 2.58. The average molecular weight is 221 g/mol. The summed E-state index contributed by atoms with van der Waals surface area (Å²) in [6, 6.07) is 10.4. The van der Waals surface area contributed by atoms with Gasteiger partial charge in [0.05, 0.1) is 5.69 Å². The first-order valence-electron chi connectivity index (χ1n) is 4.50. The Morgan fingerprint density at radius 2 is 1.80 bits per heavy atom. The molecular weight excluding hydrogens is 212 g/mol. The first kappa shape index (κ1) is 9.93. The summed E-state index contributed by atoms with van der Waals surface area (Å²) in [7, 11) is 0. The summed E-state index contributed by atoms with van der Waals surface area (Å²) in [5.74, 6) is 0. The number of benzene rings is 1. The van der Waals surface area contributed by atoms with E-state index in [1.807, 2.05) is 31.2 Å². The van der Waals surface area contributed by atoms with Crippen molar-refractivity contribution < 1.29 is 0 Å². The molecule has 2 aromatic rings. The van der Waals surface area contributed by atoms with Gasteiger partial charge in [-0.25, -0.2) is 0 Å². The molecular formula is C11H9ClN2O. The molecule has 0 aliphatic rings. The topological polar surface area (TPSA) is 34.9 Å². The zero-order valence-corrected chi connectivity index (χ0v) is 8.90. The molecule has 1 aromatic heterocycles. The Hall–Kier alpha value is -1.61. The van der Waals surface area contributed by atoms with Crippen LogP contribution in [0.4, 0.5) is 0 Å². The van der Waals surface area contributed by atoms with Gasteiger partial charge < -0.3 is 0 Å². The van der Waals surface area contributed by atoms with Crippen LogP contribution in [0.1, 0.15) is 5.56 Å². The number of aryl methyl sites for hydroxylation is 1. The van der Waals surface area contributed by atoms with Crippen molar-refractivity contribution in [1.29, 1.82) is 0 Å². The molecule has 0 N–H and O–H groups in total. The van der Waals surface area contributed by atoms with E-state index in [1.165, 1.54) is 16.8 Å². The number of nitrogens with zero attached hydrogens (tertiary/aromatic N) is 2. The fourth-order valence-electron chi connectivity index (χ4n) is 1.26. The summed E-state index contributed by atoms with van der Waals surface area (Å²) in [6.07, 6.45) is 0. The molecule has 2 rings (SSSR count). The molecule has 0 amide bonds. The van der Waals surface area contributed by atoms with Crippen LogP contribution < -0.4 is 5.56 Å². The molecule has 3 nitrogen and oxygen atoms in total. The van der Waals surface area contributed by atoms with Crippen LogP contribution in [0.3, 0.4) is 0 Å². The second-order valence-electron chi connectivity index (χ2n) is 3.24. The average Bonchev–Trinajstić information content (AvgIpc) is 2.23. The monoisotopic (exact) mass is 220 g/mol. The molecule has 0 saturated carbocycles. The van der Waals surface area contributed by atoms with E-state index in [0.717, 1.165) is 5.56 Å². The van der Waals surface area contributed by atoms with Gasteiger partial charge >= 0.3 is 0 Å². The van der Waals surface area contributed by atoms with E-state index in [0.29, 0.717) is 10.8 Å². The standard InChI is InChI=1S/C11H9ClN2O/c1-8-2-4-9(5-3-8)14-11(15)7-6-10(12)13-14/h2-7H,1H3. The van der Waals surface area contributed by atoms with Crippen molar-refractivity contribution in [2.75, 3.05) is 0 Å². The van der Waals surface area contributed by atoms with E-state index < -0.39 is 0 Å². The summed E-state index contributed by atoms with van der Waals surface area (Å²) in [5.41, 5.74) is 1.66. The lowest BCUT2D eigenvalue weighted by atomic mass is 10.2. The normalized spacial score (nSPS) is 10.3. The van der Waals surface area contributed by atoms with Crippen LogP contribution in [0.15, 0.2) is 41.2 Å². The zero-order chi connectivity index (χ0) is 10.8. The van der Waals surface area contributed by atoms with Crippen LogP contribution in [-0.4, -0.2) is 9.78 Å². The second-order valence-corrected chi connectivity index (χ2v) is 3.63.